The van der Waals surface area contributed by atoms with Crippen LogP contribution in [0.15, 0.2) is 0 Å². The molecular weight excluding hydrogens is 248 g/mol. The van der Waals surface area contributed by atoms with E-state index in [1.807, 2.05) is 0 Å². The summed E-state index contributed by atoms with van der Waals surface area (Å²) in [4.78, 5) is 8.94. The molecule has 0 aromatic carbocycles. The zero-order chi connectivity index (χ0) is 13.3. The first kappa shape index (κ1) is 13.7. The van der Waals surface area contributed by atoms with E-state index in [4.69, 9.17) is 0 Å². The number of hydrogen-bond acceptors (Lipinski definition) is 6. The highest BCUT2D eigenvalue weighted by Crippen LogP contribution is 2.29. The Morgan fingerprint density at radius 2 is 2.22 bits per heavy atom. The highest BCUT2D eigenvalue weighted by molar-refractivity contribution is 7.09. The van der Waals surface area contributed by atoms with Gasteiger partial charge in [-0.05, 0) is 20.5 Å². The molecule has 0 aliphatic carbocycles. The molecule has 0 amide bonds. The molecule has 2 heterocycles. The Hall–Kier alpha value is -0.720. The van der Waals surface area contributed by atoms with Crippen molar-refractivity contribution < 1.29 is 5.11 Å². The van der Waals surface area contributed by atoms with Gasteiger partial charge in [-0.3, -0.25) is 0 Å². The van der Waals surface area contributed by atoms with Gasteiger partial charge in [0.1, 0.15) is 5.82 Å². The number of nitrogens with zero attached hydrogens (tertiary/aromatic N) is 4. The maximum Gasteiger partial charge on any atom is 0.205 e. The fourth-order valence-electron chi connectivity index (χ4n) is 2.30. The van der Waals surface area contributed by atoms with Crippen LogP contribution in [0, 0.1) is 0 Å². The smallest absolute Gasteiger partial charge is 0.205 e. The van der Waals surface area contributed by atoms with E-state index in [1.165, 1.54) is 11.5 Å². The van der Waals surface area contributed by atoms with E-state index < -0.39 is 0 Å². The van der Waals surface area contributed by atoms with Crippen LogP contribution in [-0.4, -0.2) is 58.7 Å². The van der Waals surface area contributed by atoms with Gasteiger partial charge in [0.15, 0.2) is 0 Å². The van der Waals surface area contributed by atoms with Gasteiger partial charge in [0, 0.05) is 36.6 Å². The Morgan fingerprint density at radius 1 is 1.50 bits per heavy atom. The molecule has 0 bridgehead atoms. The summed E-state index contributed by atoms with van der Waals surface area (Å²) in [6.45, 7) is 5.81. The van der Waals surface area contributed by atoms with E-state index in [1.54, 1.807) is 0 Å². The first-order valence-electron chi connectivity index (χ1n) is 6.40. The fourth-order valence-corrected chi connectivity index (χ4v) is 3.19. The minimum atomic E-state index is -0.249. The molecule has 5 nitrogen and oxygen atoms in total. The van der Waals surface area contributed by atoms with Gasteiger partial charge < -0.3 is 14.9 Å². The Balaban J connectivity index is 2.13. The Bertz CT molecular complexity index is 393. The lowest BCUT2D eigenvalue weighted by Gasteiger charge is -2.25. The van der Waals surface area contributed by atoms with Crippen LogP contribution in [0.5, 0.6) is 0 Å². The zero-order valence-corrected chi connectivity index (χ0v) is 12.3. The predicted molar refractivity (Wildman–Crippen MR) is 74.3 cm³/mol. The van der Waals surface area contributed by atoms with Crippen LogP contribution >= 0.6 is 11.5 Å². The highest BCUT2D eigenvalue weighted by atomic mass is 32.1. The first-order valence-corrected chi connectivity index (χ1v) is 7.17. The Labute approximate surface area is 113 Å². The second-order valence-corrected chi connectivity index (χ2v) is 6.28. The van der Waals surface area contributed by atoms with Crippen molar-refractivity contribution >= 4 is 16.7 Å². The van der Waals surface area contributed by atoms with Crippen molar-refractivity contribution in [3.8, 4) is 0 Å². The summed E-state index contributed by atoms with van der Waals surface area (Å²) in [5.41, 5.74) is 0. The molecular formula is C12H22N4OS. The largest absolute Gasteiger partial charge is 0.391 e. The summed E-state index contributed by atoms with van der Waals surface area (Å²) in [7, 11) is 4.12. The number of aliphatic hydroxyl groups excluding tert-OH is 1. The molecule has 0 spiro atoms. The average Bonchev–Trinajstić information content (AvgIpc) is 2.83. The van der Waals surface area contributed by atoms with Crippen molar-refractivity contribution in [3.63, 3.8) is 0 Å². The molecule has 1 aromatic heterocycles. The topological polar surface area (TPSA) is 52.5 Å². The van der Waals surface area contributed by atoms with Crippen LogP contribution in [0.1, 0.15) is 32.0 Å². The lowest BCUT2D eigenvalue weighted by molar-refractivity contribution is 0.191. The first-order chi connectivity index (χ1) is 8.47. The molecule has 18 heavy (non-hydrogen) atoms. The van der Waals surface area contributed by atoms with Gasteiger partial charge in [0.05, 0.1) is 6.10 Å². The number of β-amino-alcohol motifs (C(OH)–C–C–N with tert-alkyl or cyclic N) is 1. The number of hydrogen-bond donors (Lipinski definition) is 1. The van der Waals surface area contributed by atoms with Crippen LogP contribution < -0.4 is 4.90 Å². The molecule has 0 radical (unpaired) electrons. The van der Waals surface area contributed by atoms with Gasteiger partial charge in [-0.2, -0.15) is 4.37 Å². The van der Waals surface area contributed by atoms with E-state index in [0.29, 0.717) is 18.5 Å². The lowest BCUT2D eigenvalue weighted by Crippen LogP contribution is -2.37. The summed E-state index contributed by atoms with van der Waals surface area (Å²) in [6, 6.07) is 0.336. The number of likely N-dealkylation sites (N-methyl/N-ethyl adjacent to an activating group) is 1. The standard InChI is InChI=1S/C12H22N4OS/c1-8(2)11-13-12(18-14-11)16-7-10(17)5-9(16)6-15(3)4/h8-10,17H,5-7H2,1-4H3. The molecule has 2 rings (SSSR count). The fraction of sp³-hybridized carbons (Fsp3) is 0.833. The number of aromatic nitrogens is 2. The molecule has 2 unspecified atom stereocenters. The third-order valence-corrected chi connectivity index (χ3v) is 3.93. The van der Waals surface area contributed by atoms with E-state index >= 15 is 0 Å². The lowest BCUT2D eigenvalue weighted by atomic mass is 10.2. The molecule has 1 aliphatic heterocycles. The number of anilines is 1. The van der Waals surface area contributed by atoms with Crippen molar-refractivity contribution in [2.24, 2.45) is 0 Å². The third kappa shape index (κ3) is 2.99. The van der Waals surface area contributed by atoms with E-state index in [-0.39, 0.29) is 6.10 Å². The molecule has 6 heteroatoms. The summed E-state index contributed by atoms with van der Waals surface area (Å²) in [5.74, 6) is 1.26. The molecule has 1 N–H and O–H groups in total. The molecule has 102 valence electrons. The molecule has 1 aromatic rings. The van der Waals surface area contributed by atoms with Gasteiger partial charge in [-0.25, -0.2) is 4.98 Å². The van der Waals surface area contributed by atoms with Crippen molar-refractivity contribution in [2.45, 2.75) is 38.3 Å². The molecule has 1 fully saturated rings. The van der Waals surface area contributed by atoms with Crippen LogP contribution in [0.2, 0.25) is 0 Å². The van der Waals surface area contributed by atoms with E-state index in [9.17, 15) is 5.11 Å². The number of aliphatic hydroxyl groups is 1. The third-order valence-electron chi connectivity index (χ3n) is 3.16. The minimum absolute atomic E-state index is 0.249. The molecule has 2 atom stereocenters. The average molecular weight is 270 g/mol. The minimum Gasteiger partial charge on any atom is -0.391 e. The number of rotatable bonds is 4. The molecule has 0 saturated carbocycles. The Morgan fingerprint density at radius 3 is 2.78 bits per heavy atom. The maximum atomic E-state index is 9.86. The SMILES string of the molecule is CC(C)c1nsc(N2CC(O)CC2CN(C)C)n1. The van der Waals surface area contributed by atoms with E-state index in [0.717, 1.165) is 23.9 Å². The summed E-state index contributed by atoms with van der Waals surface area (Å²) in [5, 5.41) is 10.8. The van der Waals surface area contributed by atoms with Gasteiger partial charge in [-0.1, -0.05) is 13.8 Å². The van der Waals surface area contributed by atoms with Crippen molar-refractivity contribution in [3.05, 3.63) is 5.82 Å². The normalized spacial score (nSPS) is 24.5. The van der Waals surface area contributed by atoms with Gasteiger partial charge in [0.2, 0.25) is 5.13 Å². The van der Waals surface area contributed by atoms with Crippen molar-refractivity contribution in [2.75, 3.05) is 32.1 Å². The van der Waals surface area contributed by atoms with Gasteiger partial charge in [0.25, 0.3) is 0 Å². The quantitative estimate of drug-likeness (QED) is 0.890. The van der Waals surface area contributed by atoms with Crippen LogP contribution in [0.3, 0.4) is 0 Å². The van der Waals surface area contributed by atoms with Crippen molar-refractivity contribution in [1.82, 2.24) is 14.3 Å². The second-order valence-electron chi connectivity index (χ2n) is 5.55. The summed E-state index contributed by atoms with van der Waals surface area (Å²) in [6.07, 6.45) is 0.566. The van der Waals surface area contributed by atoms with Gasteiger partial charge in [-0.15, -0.1) is 0 Å². The van der Waals surface area contributed by atoms with E-state index in [2.05, 4.69) is 47.1 Å². The summed E-state index contributed by atoms with van der Waals surface area (Å²) < 4.78 is 4.39. The van der Waals surface area contributed by atoms with Crippen LogP contribution in [0.25, 0.3) is 0 Å². The van der Waals surface area contributed by atoms with Crippen LogP contribution in [0.4, 0.5) is 5.13 Å². The Kier molecular flexibility index (Phi) is 4.19. The molecule has 1 aliphatic rings. The summed E-state index contributed by atoms with van der Waals surface area (Å²) >= 11 is 1.44. The van der Waals surface area contributed by atoms with Gasteiger partial charge >= 0.3 is 0 Å². The second kappa shape index (κ2) is 5.50. The van der Waals surface area contributed by atoms with Crippen molar-refractivity contribution in [1.29, 1.82) is 0 Å². The molecule has 1 saturated heterocycles. The monoisotopic (exact) mass is 270 g/mol. The highest BCUT2D eigenvalue weighted by Gasteiger charge is 2.33. The zero-order valence-electron chi connectivity index (χ0n) is 11.5. The maximum absolute atomic E-state index is 9.86. The predicted octanol–water partition coefficient (Wildman–Crippen LogP) is 1.16. The van der Waals surface area contributed by atoms with Crippen LogP contribution in [-0.2, 0) is 0 Å².